The second kappa shape index (κ2) is 5.39. The van der Waals surface area contributed by atoms with Crippen molar-refractivity contribution in [3.63, 3.8) is 0 Å². The van der Waals surface area contributed by atoms with E-state index in [9.17, 15) is 9.59 Å². The average Bonchev–Trinajstić information content (AvgIpc) is 2.92. The van der Waals surface area contributed by atoms with Gasteiger partial charge in [0.2, 0.25) is 0 Å². The topological polar surface area (TPSA) is 62.6 Å². The highest BCUT2D eigenvalue weighted by molar-refractivity contribution is 6.03. The number of rotatable bonds is 3. The van der Waals surface area contributed by atoms with E-state index in [4.69, 9.17) is 4.42 Å². The lowest BCUT2D eigenvalue weighted by Gasteiger charge is -2.11. The molecule has 0 atom stereocenters. The van der Waals surface area contributed by atoms with Crippen molar-refractivity contribution in [1.29, 1.82) is 0 Å². The van der Waals surface area contributed by atoms with Crippen LogP contribution in [0.3, 0.4) is 0 Å². The van der Waals surface area contributed by atoms with Gasteiger partial charge in [0.1, 0.15) is 0 Å². The fourth-order valence-electron chi connectivity index (χ4n) is 1.59. The minimum absolute atomic E-state index is 0.117. The summed E-state index contributed by atoms with van der Waals surface area (Å²) in [7, 11) is 3.35. The molecular weight excluding hydrogens is 244 g/mol. The van der Waals surface area contributed by atoms with Crippen LogP contribution in [0.15, 0.2) is 47.1 Å². The molecule has 0 spiro atoms. The van der Waals surface area contributed by atoms with E-state index >= 15 is 0 Å². The maximum absolute atomic E-state index is 11.8. The first-order chi connectivity index (χ1) is 9.08. The maximum Gasteiger partial charge on any atom is 0.291 e. The number of nitrogens with zero attached hydrogens (tertiary/aromatic N) is 1. The molecule has 2 amide bonds. The van der Waals surface area contributed by atoms with Gasteiger partial charge in [0, 0.05) is 25.3 Å². The van der Waals surface area contributed by atoms with Crippen LogP contribution in [0, 0.1) is 0 Å². The SMILES string of the molecule is CN(C)C(=O)c1cccc(NC(=O)c2ccco2)c1. The van der Waals surface area contributed by atoms with Crippen molar-refractivity contribution in [1.82, 2.24) is 4.90 Å². The van der Waals surface area contributed by atoms with Gasteiger partial charge in [0.15, 0.2) is 5.76 Å². The summed E-state index contributed by atoms with van der Waals surface area (Å²) in [4.78, 5) is 25.1. The molecule has 0 saturated carbocycles. The van der Waals surface area contributed by atoms with Crippen molar-refractivity contribution in [2.24, 2.45) is 0 Å². The Kier molecular flexibility index (Phi) is 3.66. The van der Waals surface area contributed by atoms with Crippen LogP contribution in [0.2, 0.25) is 0 Å². The smallest absolute Gasteiger partial charge is 0.291 e. The number of anilines is 1. The van der Waals surface area contributed by atoms with E-state index in [1.54, 1.807) is 50.5 Å². The number of hydrogen-bond acceptors (Lipinski definition) is 3. The van der Waals surface area contributed by atoms with Gasteiger partial charge in [-0.3, -0.25) is 9.59 Å². The summed E-state index contributed by atoms with van der Waals surface area (Å²) < 4.78 is 5.00. The monoisotopic (exact) mass is 258 g/mol. The minimum Gasteiger partial charge on any atom is -0.459 e. The molecule has 1 aromatic heterocycles. The number of nitrogens with one attached hydrogen (secondary N) is 1. The summed E-state index contributed by atoms with van der Waals surface area (Å²) in [6.07, 6.45) is 1.43. The van der Waals surface area contributed by atoms with Gasteiger partial charge in [-0.2, -0.15) is 0 Å². The van der Waals surface area contributed by atoms with Crippen LogP contribution in [-0.4, -0.2) is 30.8 Å². The molecule has 0 radical (unpaired) electrons. The van der Waals surface area contributed by atoms with Gasteiger partial charge in [-0.1, -0.05) is 6.07 Å². The van der Waals surface area contributed by atoms with Gasteiger partial charge in [-0.25, -0.2) is 0 Å². The normalized spacial score (nSPS) is 10.0. The fourth-order valence-corrected chi connectivity index (χ4v) is 1.59. The summed E-state index contributed by atoms with van der Waals surface area (Å²) in [6, 6.07) is 9.97. The molecule has 5 heteroatoms. The third kappa shape index (κ3) is 3.01. The molecule has 1 aromatic carbocycles. The Balaban J connectivity index is 2.16. The van der Waals surface area contributed by atoms with E-state index in [-0.39, 0.29) is 17.6 Å². The van der Waals surface area contributed by atoms with Gasteiger partial charge in [0.25, 0.3) is 11.8 Å². The highest BCUT2D eigenvalue weighted by atomic mass is 16.3. The third-order valence-electron chi connectivity index (χ3n) is 2.52. The van der Waals surface area contributed by atoms with Crippen molar-refractivity contribution in [3.05, 3.63) is 54.0 Å². The number of carbonyl (C=O) groups excluding carboxylic acids is 2. The van der Waals surface area contributed by atoms with Gasteiger partial charge in [-0.05, 0) is 30.3 Å². The Labute approximate surface area is 110 Å². The van der Waals surface area contributed by atoms with E-state index in [2.05, 4.69) is 5.32 Å². The Bertz CT molecular complexity index is 588. The lowest BCUT2D eigenvalue weighted by molar-refractivity contribution is 0.0827. The maximum atomic E-state index is 11.8. The van der Waals surface area contributed by atoms with Crippen molar-refractivity contribution in [3.8, 4) is 0 Å². The molecule has 2 aromatic rings. The van der Waals surface area contributed by atoms with E-state index in [0.717, 1.165) is 0 Å². The van der Waals surface area contributed by atoms with E-state index < -0.39 is 0 Å². The summed E-state index contributed by atoms with van der Waals surface area (Å²) in [5, 5.41) is 2.68. The second-order valence-corrected chi connectivity index (χ2v) is 4.21. The average molecular weight is 258 g/mol. The van der Waals surface area contributed by atoms with Crippen molar-refractivity contribution in [2.75, 3.05) is 19.4 Å². The minimum atomic E-state index is -0.348. The highest BCUT2D eigenvalue weighted by Gasteiger charge is 2.11. The molecule has 2 rings (SSSR count). The summed E-state index contributed by atoms with van der Waals surface area (Å²) in [5.74, 6) is -0.238. The Morgan fingerprint density at radius 3 is 2.58 bits per heavy atom. The van der Waals surface area contributed by atoms with E-state index in [1.165, 1.54) is 11.2 Å². The molecule has 0 aliphatic heterocycles. The number of hydrogen-bond donors (Lipinski definition) is 1. The molecule has 5 nitrogen and oxygen atoms in total. The predicted molar refractivity (Wildman–Crippen MR) is 71.1 cm³/mol. The molecule has 0 fully saturated rings. The molecule has 0 unspecified atom stereocenters. The van der Waals surface area contributed by atoms with Crippen molar-refractivity contribution in [2.45, 2.75) is 0 Å². The van der Waals surface area contributed by atoms with Crippen LogP contribution in [0.25, 0.3) is 0 Å². The zero-order chi connectivity index (χ0) is 13.8. The van der Waals surface area contributed by atoms with Gasteiger partial charge < -0.3 is 14.6 Å². The van der Waals surface area contributed by atoms with Crippen molar-refractivity contribution >= 4 is 17.5 Å². The Hall–Kier alpha value is -2.56. The number of amides is 2. The van der Waals surface area contributed by atoms with Crippen LogP contribution >= 0.6 is 0 Å². The third-order valence-corrected chi connectivity index (χ3v) is 2.52. The van der Waals surface area contributed by atoms with Gasteiger partial charge in [0.05, 0.1) is 6.26 Å². The Morgan fingerprint density at radius 2 is 1.95 bits per heavy atom. The molecular formula is C14H14N2O3. The van der Waals surface area contributed by atoms with E-state index in [0.29, 0.717) is 11.3 Å². The number of furan rings is 1. The Morgan fingerprint density at radius 1 is 1.16 bits per heavy atom. The van der Waals surface area contributed by atoms with Gasteiger partial charge >= 0.3 is 0 Å². The quantitative estimate of drug-likeness (QED) is 0.918. The zero-order valence-corrected chi connectivity index (χ0v) is 10.7. The molecule has 0 aliphatic carbocycles. The lowest BCUT2D eigenvalue weighted by atomic mass is 10.2. The van der Waals surface area contributed by atoms with Crippen LogP contribution in [-0.2, 0) is 0 Å². The lowest BCUT2D eigenvalue weighted by Crippen LogP contribution is -2.21. The van der Waals surface area contributed by atoms with Crippen LogP contribution in [0.5, 0.6) is 0 Å². The summed E-state index contributed by atoms with van der Waals surface area (Å²) >= 11 is 0. The largest absolute Gasteiger partial charge is 0.459 e. The highest BCUT2D eigenvalue weighted by Crippen LogP contribution is 2.13. The molecule has 0 bridgehead atoms. The number of benzene rings is 1. The van der Waals surface area contributed by atoms with Crippen LogP contribution in [0.4, 0.5) is 5.69 Å². The summed E-state index contributed by atoms with van der Waals surface area (Å²) in [5.41, 5.74) is 1.07. The summed E-state index contributed by atoms with van der Waals surface area (Å²) in [6.45, 7) is 0. The molecule has 0 saturated heterocycles. The number of carbonyl (C=O) groups is 2. The zero-order valence-electron chi connectivity index (χ0n) is 10.7. The first-order valence-corrected chi connectivity index (χ1v) is 5.74. The molecule has 98 valence electrons. The predicted octanol–water partition coefficient (Wildman–Crippen LogP) is 2.23. The van der Waals surface area contributed by atoms with Gasteiger partial charge in [-0.15, -0.1) is 0 Å². The molecule has 1 heterocycles. The standard InChI is InChI=1S/C14H14N2O3/c1-16(2)14(18)10-5-3-6-11(9-10)15-13(17)12-7-4-8-19-12/h3-9H,1-2H3,(H,15,17). The molecule has 0 aliphatic rings. The fraction of sp³-hybridized carbons (Fsp3) is 0.143. The van der Waals surface area contributed by atoms with Crippen LogP contribution < -0.4 is 5.32 Å². The van der Waals surface area contributed by atoms with Crippen LogP contribution in [0.1, 0.15) is 20.9 Å². The van der Waals surface area contributed by atoms with Crippen molar-refractivity contribution < 1.29 is 14.0 Å². The second-order valence-electron chi connectivity index (χ2n) is 4.21. The van der Waals surface area contributed by atoms with E-state index in [1.807, 2.05) is 0 Å². The first-order valence-electron chi connectivity index (χ1n) is 5.74. The molecule has 19 heavy (non-hydrogen) atoms. The molecule has 1 N–H and O–H groups in total. The first kappa shape index (κ1) is 12.9.